The minimum atomic E-state index is -0.554. The van der Waals surface area contributed by atoms with Gasteiger partial charge in [0.05, 0.1) is 0 Å². The van der Waals surface area contributed by atoms with Gasteiger partial charge in [-0.1, -0.05) is 0 Å². The Balaban J connectivity index is 0.00000256. The number of hydrogen-bond donors (Lipinski definition) is 1. The van der Waals surface area contributed by atoms with Gasteiger partial charge in [-0.05, 0) is 18.2 Å². The van der Waals surface area contributed by atoms with Crippen molar-refractivity contribution in [1.82, 2.24) is 4.90 Å². The zero-order valence-electron chi connectivity index (χ0n) is 9.77. The van der Waals surface area contributed by atoms with E-state index in [0.29, 0.717) is 12.1 Å². The van der Waals surface area contributed by atoms with E-state index in [0.717, 1.165) is 6.07 Å². The van der Waals surface area contributed by atoms with Crippen LogP contribution >= 0.6 is 12.4 Å². The van der Waals surface area contributed by atoms with E-state index in [-0.39, 0.29) is 30.7 Å². The minimum absolute atomic E-state index is 0. The zero-order chi connectivity index (χ0) is 12.1. The van der Waals surface area contributed by atoms with E-state index in [2.05, 4.69) is 0 Å². The molecule has 0 bridgehead atoms. The molecule has 0 atom stereocenters. The summed E-state index contributed by atoms with van der Waals surface area (Å²) in [4.78, 5) is 12.9. The first-order valence-electron chi connectivity index (χ1n) is 4.90. The van der Waals surface area contributed by atoms with Crippen LogP contribution in [-0.4, -0.2) is 38.1 Å². The van der Waals surface area contributed by atoms with Crippen molar-refractivity contribution in [2.24, 2.45) is 5.73 Å². The van der Waals surface area contributed by atoms with Gasteiger partial charge in [0.15, 0.2) is 11.6 Å². The fourth-order valence-electron chi connectivity index (χ4n) is 1.18. The Bertz CT molecular complexity index is 386. The highest BCUT2D eigenvalue weighted by Crippen LogP contribution is 2.18. The molecule has 0 saturated heterocycles. The summed E-state index contributed by atoms with van der Waals surface area (Å²) in [5.41, 5.74) is 5.53. The molecule has 4 nitrogen and oxygen atoms in total. The number of nitrogens with two attached hydrogens (primary N) is 1. The van der Waals surface area contributed by atoms with E-state index in [4.69, 9.17) is 10.5 Å². The van der Waals surface area contributed by atoms with Crippen LogP contribution in [0, 0.1) is 5.82 Å². The van der Waals surface area contributed by atoms with Crippen molar-refractivity contribution in [2.75, 3.05) is 27.2 Å². The maximum absolute atomic E-state index is 13.5. The van der Waals surface area contributed by atoms with Crippen molar-refractivity contribution < 1.29 is 13.9 Å². The number of carbonyl (C=O) groups excluding carboxylic acids is 1. The highest BCUT2D eigenvalue weighted by atomic mass is 35.5. The van der Waals surface area contributed by atoms with Crippen LogP contribution in [0.4, 0.5) is 4.39 Å². The Morgan fingerprint density at radius 3 is 2.59 bits per heavy atom. The second kappa shape index (κ2) is 7.09. The van der Waals surface area contributed by atoms with Gasteiger partial charge < -0.3 is 15.4 Å². The van der Waals surface area contributed by atoms with Crippen LogP contribution in [0.15, 0.2) is 18.2 Å². The second-order valence-electron chi connectivity index (χ2n) is 3.48. The van der Waals surface area contributed by atoms with Crippen molar-refractivity contribution >= 4 is 18.3 Å². The monoisotopic (exact) mass is 262 g/mol. The lowest BCUT2D eigenvalue weighted by Crippen LogP contribution is -2.21. The van der Waals surface area contributed by atoms with E-state index < -0.39 is 5.82 Å². The Kier molecular flexibility index (Phi) is 6.53. The zero-order valence-corrected chi connectivity index (χ0v) is 10.6. The van der Waals surface area contributed by atoms with Crippen molar-refractivity contribution in [2.45, 2.75) is 0 Å². The smallest absolute Gasteiger partial charge is 0.253 e. The summed E-state index contributed by atoms with van der Waals surface area (Å²) in [5.74, 6) is -0.689. The molecule has 0 aromatic heterocycles. The average Bonchev–Trinajstić information content (AvgIpc) is 2.26. The lowest BCUT2D eigenvalue weighted by atomic mass is 10.2. The molecule has 0 fully saturated rings. The third-order valence-corrected chi connectivity index (χ3v) is 1.96. The van der Waals surface area contributed by atoms with Gasteiger partial charge in [-0.15, -0.1) is 12.4 Å². The summed E-state index contributed by atoms with van der Waals surface area (Å²) in [6, 6.07) is 4.12. The van der Waals surface area contributed by atoms with Gasteiger partial charge >= 0.3 is 0 Å². The summed E-state index contributed by atoms with van der Waals surface area (Å²) in [5, 5.41) is 0. The summed E-state index contributed by atoms with van der Waals surface area (Å²) < 4.78 is 18.5. The highest BCUT2D eigenvalue weighted by molar-refractivity contribution is 5.94. The predicted molar refractivity (Wildman–Crippen MR) is 66.2 cm³/mol. The Hall–Kier alpha value is -1.33. The maximum atomic E-state index is 13.5. The molecule has 0 unspecified atom stereocenters. The van der Waals surface area contributed by atoms with Crippen LogP contribution in [0.3, 0.4) is 0 Å². The van der Waals surface area contributed by atoms with E-state index in [9.17, 15) is 9.18 Å². The molecule has 0 saturated carbocycles. The molecule has 0 aliphatic heterocycles. The molecular formula is C11H16ClFN2O2. The third-order valence-electron chi connectivity index (χ3n) is 1.96. The van der Waals surface area contributed by atoms with Crippen molar-refractivity contribution in [3.05, 3.63) is 29.6 Å². The van der Waals surface area contributed by atoms with Gasteiger partial charge in [0, 0.05) is 26.2 Å². The van der Waals surface area contributed by atoms with Crippen LogP contribution < -0.4 is 10.5 Å². The molecular weight excluding hydrogens is 247 g/mol. The molecule has 0 radical (unpaired) electrons. The summed E-state index contributed by atoms with van der Waals surface area (Å²) in [7, 11) is 3.22. The van der Waals surface area contributed by atoms with Crippen LogP contribution in [0.5, 0.6) is 5.75 Å². The first-order chi connectivity index (χ1) is 7.56. The van der Waals surface area contributed by atoms with Crippen LogP contribution in [0.2, 0.25) is 0 Å². The molecule has 0 heterocycles. The SMILES string of the molecule is CN(C)C(=O)c1ccc(OCCN)c(F)c1.Cl. The number of rotatable bonds is 4. The van der Waals surface area contributed by atoms with Gasteiger partial charge in [0.1, 0.15) is 6.61 Å². The third kappa shape index (κ3) is 4.20. The number of benzene rings is 1. The topological polar surface area (TPSA) is 55.6 Å². The Labute approximate surface area is 106 Å². The Morgan fingerprint density at radius 2 is 2.12 bits per heavy atom. The summed E-state index contributed by atoms with van der Waals surface area (Å²) >= 11 is 0. The van der Waals surface area contributed by atoms with Gasteiger partial charge in [-0.25, -0.2) is 4.39 Å². The summed E-state index contributed by atoms with van der Waals surface area (Å²) in [6.07, 6.45) is 0. The molecule has 0 aliphatic rings. The van der Waals surface area contributed by atoms with E-state index in [1.807, 2.05) is 0 Å². The fraction of sp³-hybridized carbons (Fsp3) is 0.364. The first-order valence-corrected chi connectivity index (χ1v) is 4.90. The molecule has 17 heavy (non-hydrogen) atoms. The molecule has 0 spiro atoms. The van der Waals surface area contributed by atoms with Gasteiger partial charge in [-0.2, -0.15) is 0 Å². The average molecular weight is 263 g/mol. The normalized spacial score (nSPS) is 9.41. The van der Waals surface area contributed by atoms with Gasteiger partial charge in [0.25, 0.3) is 5.91 Å². The second-order valence-corrected chi connectivity index (χ2v) is 3.48. The maximum Gasteiger partial charge on any atom is 0.253 e. The number of halogens is 2. The van der Waals surface area contributed by atoms with Crippen LogP contribution in [0.25, 0.3) is 0 Å². The predicted octanol–water partition coefficient (Wildman–Crippen LogP) is 1.29. The number of nitrogens with zero attached hydrogens (tertiary/aromatic N) is 1. The van der Waals surface area contributed by atoms with Crippen LogP contribution in [0.1, 0.15) is 10.4 Å². The molecule has 1 aromatic rings. The first kappa shape index (κ1) is 15.7. The molecule has 1 aromatic carbocycles. The number of ether oxygens (including phenoxy) is 1. The van der Waals surface area contributed by atoms with Gasteiger partial charge in [0.2, 0.25) is 0 Å². The lowest BCUT2D eigenvalue weighted by Gasteiger charge is -2.11. The standard InChI is InChI=1S/C11H15FN2O2.ClH/c1-14(2)11(15)8-3-4-10(9(12)7-8)16-6-5-13;/h3-4,7H,5-6,13H2,1-2H3;1H. The number of carbonyl (C=O) groups is 1. The number of amides is 1. The fourth-order valence-corrected chi connectivity index (χ4v) is 1.18. The van der Waals surface area contributed by atoms with Gasteiger partial charge in [-0.3, -0.25) is 4.79 Å². The molecule has 2 N–H and O–H groups in total. The van der Waals surface area contributed by atoms with Crippen molar-refractivity contribution in [1.29, 1.82) is 0 Å². The molecule has 1 rings (SSSR count). The Morgan fingerprint density at radius 1 is 1.47 bits per heavy atom. The summed E-state index contributed by atoms with van der Waals surface area (Å²) in [6.45, 7) is 0.565. The van der Waals surface area contributed by atoms with Crippen molar-refractivity contribution in [3.8, 4) is 5.75 Å². The largest absolute Gasteiger partial charge is 0.489 e. The van der Waals surface area contributed by atoms with E-state index in [1.54, 1.807) is 14.1 Å². The molecule has 6 heteroatoms. The van der Waals surface area contributed by atoms with Crippen LogP contribution in [-0.2, 0) is 0 Å². The number of hydrogen-bond acceptors (Lipinski definition) is 3. The van der Waals surface area contributed by atoms with E-state index in [1.165, 1.54) is 17.0 Å². The lowest BCUT2D eigenvalue weighted by molar-refractivity contribution is 0.0827. The van der Waals surface area contributed by atoms with Crippen molar-refractivity contribution in [3.63, 3.8) is 0 Å². The van der Waals surface area contributed by atoms with E-state index >= 15 is 0 Å². The molecule has 0 aliphatic carbocycles. The minimum Gasteiger partial charge on any atom is -0.489 e. The molecule has 96 valence electrons. The highest BCUT2D eigenvalue weighted by Gasteiger charge is 2.11. The molecule has 1 amide bonds. The quantitative estimate of drug-likeness (QED) is 0.890.